The number of halogens is 3. The van der Waals surface area contributed by atoms with Gasteiger partial charge in [-0.1, -0.05) is 62.2 Å². The van der Waals surface area contributed by atoms with Crippen LogP contribution in [0.25, 0.3) is 0 Å². The van der Waals surface area contributed by atoms with Gasteiger partial charge in [-0.05, 0) is 53.3 Å². The third kappa shape index (κ3) is 4.93. The monoisotopic (exact) mass is 594 g/mol. The quantitative estimate of drug-likeness (QED) is 0.317. The molecule has 2 heterocycles. The van der Waals surface area contributed by atoms with Gasteiger partial charge in [0.15, 0.2) is 5.82 Å². The fraction of sp³-hybridized carbons (Fsp3) is 0.323. The minimum Gasteiger partial charge on any atom is -0.495 e. The number of nitrogens with one attached hydrogen (secondary N) is 3. The summed E-state index contributed by atoms with van der Waals surface area (Å²) < 4.78 is 20.8. The number of ether oxygens (including phenoxy) is 1. The van der Waals surface area contributed by atoms with Crippen molar-refractivity contribution in [3.05, 3.63) is 87.2 Å². The molecule has 0 aromatic heterocycles. The van der Waals surface area contributed by atoms with Crippen LogP contribution < -0.4 is 20.7 Å². The van der Waals surface area contributed by atoms with Crippen molar-refractivity contribution in [2.75, 3.05) is 17.7 Å². The van der Waals surface area contributed by atoms with Crippen molar-refractivity contribution in [1.29, 1.82) is 5.26 Å². The Morgan fingerprint density at radius 3 is 2.59 bits per heavy atom. The van der Waals surface area contributed by atoms with Crippen LogP contribution >= 0.6 is 23.2 Å². The molecule has 7 nitrogen and oxygen atoms in total. The normalized spacial score (nSPS) is 23.2. The maximum atomic E-state index is 15.4. The van der Waals surface area contributed by atoms with Crippen LogP contribution in [-0.2, 0) is 15.0 Å². The molecule has 2 aliphatic heterocycles. The Bertz CT molecular complexity index is 1600. The Morgan fingerprint density at radius 1 is 1.17 bits per heavy atom. The number of carbonyl (C=O) groups is 2. The Balaban J connectivity index is 1.71. The van der Waals surface area contributed by atoms with Gasteiger partial charge in [0.2, 0.25) is 11.8 Å². The zero-order valence-corrected chi connectivity index (χ0v) is 24.5. The Kier molecular flexibility index (Phi) is 7.49. The molecule has 3 aromatic rings. The van der Waals surface area contributed by atoms with Crippen LogP contribution in [0.15, 0.2) is 54.6 Å². The van der Waals surface area contributed by atoms with Gasteiger partial charge in [-0.15, -0.1) is 0 Å². The highest BCUT2D eigenvalue weighted by molar-refractivity contribution is 6.31. The number of anilines is 2. The highest BCUT2D eigenvalue weighted by Crippen LogP contribution is 2.57. The second kappa shape index (κ2) is 10.6. The van der Waals surface area contributed by atoms with E-state index < -0.39 is 41.0 Å². The molecule has 10 heteroatoms. The van der Waals surface area contributed by atoms with E-state index >= 15 is 4.39 Å². The van der Waals surface area contributed by atoms with Gasteiger partial charge in [0.25, 0.3) is 0 Å². The van der Waals surface area contributed by atoms with E-state index in [4.69, 9.17) is 27.9 Å². The molecule has 3 aromatic carbocycles. The van der Waals surface area contributed by atoms with Gasteiger partial charge < -0.3 is 20.7 Å². The molecule has 2 aliphatic rings. The van der Waals surface area contributed by atoms with Crippen LogP contribution in [-0.4, -0.2) is 31.0 Å². The number of nitrogens with zero attached hydrogens (tertiary/aromatic N) is 1. The summed E-state index contributed by atoms with van der Waals surface area (Å²) in [4.78, 5) is 28.3. The number of hydrogen-bond acceptors (Lipinski definition) is 5. The lowest BCUT2D eigenvalue weighted by molar-refractivity contribution is -0.122. The molecule has 3 N–H and O–H groups in total. The fourth-order valence-electron chi connectivity index (χ4n) is 6.22. The first-order valence-corrected chi connectivity index (χ1v) is 13.9. The molecule has 0 radical (unpaired) electrons. The van der Waals surface area contributed by atoms with E-state index in [0.29, 0.717) is 39.6 Å². The van der Waals surface area contributed by atoms with E-state index in [0.717, 1.165) is 0 Å². The van der Waals surface area contributed by atoms with Gasteiger partial charge in [0, 0.05) is 23.0 Å². The molecule has 0 aliphatic carbocycles. The number of amides is 2. The average Bonchev–Trinajstić information content (AvgIpc) is 3.41. The molecule has 0 unspecified atom stereocenters. The summed E-state index contributed by atoms with van der Waals surface area (Å²) in [7, 11) is 1.45. The van der Waals surface area contributed by atoms with E-state index in [-0.39, 0.29) is 16.1 Å². The molecule has 212 valence electrons. The number of hydrogen-bond donors (Lipinski definition) is 3. The number of methoxy groups -OCH3 is 1. The molecule has 1 saturated heterocycles. The lowest BCUT2D eigenvalue weighted by Gasteiger charge is -2.37. The van der Waals surface area contributed by atoms with Crippen LogP contribution in [0, 0.1) is 22.6 Å². The number of nitriles is 1. The standard InChI is InChI=1S/C31H29Cl2FN4O3/c1-30(2,3)14-23-31(19-9-10-20(33)25(34)26(19)38-29(31)40)24(17-6-5-7-18(32)13-17)27(37-23)28(39)36-21-11-8-16(15-35)12-22(21)41-4/h5-13,23-24,27,37H,14H2,1-4H3,(H,36,39)(H,38,40)/t23-,24-,27+,31+/m0/s1. The molecule has 0 bridgehead atoms. The van der Waals surface area contributed by atoms with Crippen molar-refractivity contribution >= 4 is 46.4 Å². The minimum absolute atomic E-state index is 0.0186. The lowest BCUT2D eigenvalue weighted by Crippen LogP contribution is -2.49. The van der Waals surface area contributed by atoms with Gasteiger partial charge in [-0.25, -0.2) is 4.39 Å². The van der Waals surface area contributed by atoms with E-state index in [1.54, 1.807) is 36.4 Å². The second-order valence-corrected chi connectivity index (χ2v) is 12.5. The molecular weight excluding hydrogens is 566 g/mol. The first kappa shape index (κ1) is 28.9. The molecule has 1 fully saturated rings. The van der Waals surface area contributed by atoms with Crippen LogP contribution in [0.3, 0.4) is 0 Å². The van der Waals surface area contributed by atoms with Gasteiger partial charge in [0.1, 0.15) is 11.2 Å². The largest absolute Gasteiger partial charge is 0.495 e. The third-order valence-electron chi connectivity index (χ3n) is 7.80. The third-order valence-corrected chi connectivity index (χ3v) is 8.33. The van der Waals surface area contributed by atoms with E-state index in [9.17, 15) is 14.9 Å². The predicted molar refractivity (Wildman–Crippen MR) is 157 cm³/mol. The van der Waals surface area contributed by atoms with Gasteiger partial charge in [-0.2, -0.15) is 5.26 Å². The Hall–Kier alpha value is -3.64. The van der Waals surface area contributed by atoms with Crippen LogP contribution in [0.1, 0.15) is 49.8 Å². The highest BCUT2D eigenvalue weighted by Gasteiger charge is 2.66. The summed E-state index contributed by atoms with van der Waals surface area (Å²) in [6, 6.07) is 15.4. The molecule has 0 saturated carbocycles. The van der Waals surface area contributed by atoms with E-state index in [1.807, 2.05) is 26.8 Å². The smallest absolute Gasteiger partial charge is 0.242 e. The van der Waals surface area contributed by atoms with Crippen molar-refractivity contribution in [3.8, 4) is 11.8 Å². The molecule has 5 rings (SSSR count). The van der Waals surface area contributed by atoms with Crippen molar-refractivity contribution < 1.29 is 18.7 Å². The minimum atomic E-state index is -1.37. The van der Waals surface area contributed by atoms with Crippen LogP contribution in [0.4, 0.5) is 15.8 Å². The Labute approximate surface area is 248 Å². The van der Waals surface area contributed by atoms with E-state index in [2.05, 4.69) is 22.0 Å². The molecular formula is C31H29Cl2FN4O3. The van der Waals surface area contributed by atoms with Gasteiger partial charge in [-0.3, -0.25) is 9.59 Å². The fourth-order valence-corrected chi connectivity index (χ4v) is 6.58. The summed E-state index contributed by atoms with van der Waals surface area (Å²) in [6.45, 7) is 6.13. The maximum absolute atomic E-state index is 15.4. The SMILES string of the molecule is COc1cc(C#N)ccc1NC(=O)[C@@H]1N[C@@H](CC(C)(C)C)[C@@]2(C(=O)Nc3c2ccc(Cl)c3F)[C@H]1c1cccc(Cl)c1. The first-order chi connectivity index (χ1) is 19.4. The number of carbonyl (C=O) groups excluding carboxylic acids is 2. The lowest BCUT2D eigenvalue weighted by atomic mass is 9.62. The van der Waals surface area contributed by atoms with Gasteiger partial charge >= 0.3 is 0 Å². The van der Waals surface area contributed by atoms with E-state index in [1.165, 1.54) is 19.2 Å². The summed E-state index contributed by atoms with van der Waals surface area (Å²) in [5.74, 6) is -2.03. The molecule has 1 spiro atoms. The zero-order chi connectivity index (χ0) is 29.7. The first-order valence-electron chi connectivity index (χ1n) is 13.1. The summed E-state index contributed by atoms with van der Waals surface area (Å²) >= 11 is 12.5. The summed E-state index contributed by atoms with van der Waals surface area (Å²) in [5.41, 5.74) is 0.207. The molecule has 41 heavy (non-hydrogen) atoms. The zero-order valence-electron chi connectivity index (χ0n) is 22.9. The van der Waals surface area contributed by atoms with Gasteiger partial charge in [0.05, 0.1) is 41.2 Å². The second-order valence-electron chi connectivity index (χ2n) is 11.6. The average molecular weight is 596 g/mol. The highest BCUT2D eigenvalue weighted by atomic mass is 35.5. The number of benzene rings is 3. The number of rotatable bonds is 5. The van der Waals surface area contributed by atoms with Crippen molar-refractivity contribution in [2.45, 2.75) is 50.6 Å². The van der Waals surface area contributed by atoms with Crippen molar-refractivity contribution in [1.82, 2.24) is 5.32 Å². The maximum Gasteiger partial charge on any atom is 0.242 e. The van der Waals surface area contributed by atoms with Crippen molar-refractivity contribution in [3.63, 3.8) is 0 Å². The topological polar surface area (TPSA) is 103 Å². The molecule has 4 atom stereocenters. The predicted octanol–water partition coefficient (Wildman–Crippen LogP) is 6.40. The van der Waals surface area contributed by atoms with Crippen LogP contribution in [0.5, 0.6) is 5.75 Å². The van der Waals surface area contributed by atoms with Crippen LogP contribution in [0.2, 0.25) is 10.0 Å². The Morgan fingerprint density at radius 2 is 1.93 bits per heavy atom. The number of fused-ring (bicyclic) bond motifs is 2. The van der Waals surface area contributed by atoms with Crippen molar-refractivity contribution in [2.24, 2.45) is 5.41 Å². The summed E-state index contributed by atoms with van der Waals surface area (Å²) in [6.07, 6.45) is 0.491. The molecule has 2 amide bonds. The summed E-state index contributed by atoms with van der Waals surface area (Å²) in [5, 5.41) is 18.8.